The zero-order valence-corrected chi connectivity index (χ0v) is 42.6. The van der Waals surface area contributed by atoms with Crippen LogP contribution in [0.15, 0.2) is 195 Å². The van der Waals surface area contributed by atoms with Crippen LogP contribution in [0.4, 0.5) is 0 Å². The molecule has 30 heteroatoms. The van der Waals surface area contributed by atoms with Crippen LogP contribution in [-0.2, 0) is 53.3 Å². The molecule has 8 aromatic rings. The second-order valence-electron chi connectivity index (χ2n) is 12.2. The van der Waals surface area contributed by atoms with Crippen molar-refractivity contribution in [2.24, 2.45) is 0 Å². The minimum absolute atomic E-state index is 0. The third-order valence-electron chi connectivity index (χ3n) is 7.44. The molecule has 8 rings (SSSR count). The minimum Gasteiger partial charge on any atom is -0.550 e. The van der Waals surface area contributed by atoms with Crippen LogP contribution in [0.2, 0.25) is 0 Å². The number of rotatable bonds is 10. The van der Waals surface area contributed by atoms with E-state index < -0.39 is 49.6 Å². The van der Waals surface area contributed by atoms with E-state index in [2.05, 4.69) is 39.9 Å². The van der Waals surface area contributed by atoms with Crippen molar-refractivity contribution in [1.29, 1.82) is 0 Å². The number of aromatic nitrogens is 8. The Hall–Kier alpha value is -8.36. The number of carbonyl (C=O) groups excluding carboxylic acids is 4. The van der Waals surface area contributed by atoms with E-state index in [0.29, 0.717) is 0 Å². The second kappa shape index (κ2) is 61.2. The summed E-state index contributed by atoms with van der Waals surface area (Å²) in [4.78, 5) is 71.5. The summed E-state index contributed by atoms with van der Waals surface area (Å²) in [6.07, 6.45) is 12.3. The molecule has 78 heavy (non-hydrogen) atoms. The fourth-order valence-corrected chi connectivity index (χ4v) is 4.52. The van der Waals surface area contributed by atoms with Crippen molar-refractivity contribution >= 4 is 23.9 Å². The van der Waals surface area contributed by atoms with Crippen LogP contribution in [0.25, 0.3) is 45.6 Å². The number of pyridine rings is 8. The predicted molar refractivity (Wildman–Crippen MR) is 272 cm³/mol. The largest absolute Gasteiger partial charge is 2.00 e. The second-order valence-corrected chi connectivity index (χ2v) is 12.2. The molecule has 0 bridgehead atoms. The molecule has 2 radical (unpaired) electrons. The molecule has 0 aromatic carbocycles. The fraction of sp³-hybridized carbons (Fsp3) is 0.0833. The van der Waals surface area contributed by atoms with Crippen molar-refractivity contribution in [3.8, 4) is 45.6 Å². The van der Waals surface area contributed by atoms with Gasteiger partial charge in [0, 0.05) is 73.5 Å². The topological polar surface area (TPSA) is 642 Å². The number of carboxylic acid groups (broad SMARTS) is 4. The summed E-state index contributed by atoms with van der Waals surface area (Å²) in [5.41, 5.74) is 7.32. The zero-order valence-electron chi connectivity index (χ0n) is 40.8. The van der Waals surface area contributed by atoms with Crippen molar-refractivity contribution in [3.63, 3.8) is 0 Å². The smallest absolute Gasteiger partial charge is 0.550 e. The Labute approximate surface area is 467 Å². The van der Waals surface area contributed by atoms with E-state index >= 15 is 0 Å². The summed E-state index contributed by atoms with van der Waals surface area (Å²) in [5.74, 6) is -5.47. The third-order valence-corrected chi connectivity index (χ3v) is 7.44. The van der Waals surface area contributed by atoms with Crippen LogP contribution in [0.5, 0.6) is 0 Å². The van der Waals surface area contributed by atoms with Crippen LogP contribution < -0.4 is 20.4 Å². The van der Waals surface area contributed by atoms with Crippen molar-refractivity contribution in [2.75, 3.05) is 0 Å². The minimum atomic E-state index is -1.37. The molecule has 0 unspecified atom stereocenters. The molecule has 0 amide bonds. The number of carboxylic acids is 4. The van der Waals surface area contributed by atoms with Crippen LogP contribution >= 0.6 is 0 Å². The monoisotopic (exact) mass is 1200 g/mol. The number of hydrogen-bond acceptors (Lipinski definition) is 16. The van der Waals surface area contributed by atoms with E-state index in [4.69, 9.17) is 0 Å². The van der Waals surface area contributed by atoms with Gasteiger partial charge in [-0.25, -0.2) is 0 Å². The molecule has 438 valence electrons. The first-order valence-electron chi connectivity index (χ1n) is 19.2. The SMILES string of the molecule is O.O.O.O.O.O.O.O.O.O.O.O.O=C([O-])CCC(=O)[O-].O=C([O-])CCC(=O)[O-].[Cu+2].[Cu+2].c1ccc(-c2ccccn2)nc1.c1ccc(-c2ccccn2)nc1.c1ccc(-c2ccccn2)nc1.c1ccc(-c2ccccn2)nc1. The zero-order chi connectivity index (χ0) is 46.0. The van der Waals surface area contributed by atoms with Gasteiger partial charge in [-0.15, -0.1) is 0 Å². The molecule has 0 saturated carbocycles. The van der Waals surface area contributed by atoms with E-state index in [1.807, 2.05) is 146 Å². The van der Waals surface area contributed by atoms with E-state index in [-0.39, 0.29) is 99.9 Å². The van der Waals surface area contributed by atoms with Crippen LogP contribution in [0, 0.1) is 0 Å². The summed E-state index contributed by atoms with van der Waals surface area (Å²) in [6, 6.07) is 46.4. The van der Waals surface area contributed by atoms with E-state index in [1.54, 1.807) is 49.6 Å². The van der Waals surface area contributed by atoms with Gasteiger partial charge in [0.25, 0.3) is 0 Å². The molecule has 0 aliphatic heterocycles. The molecule has 0 aliphatic rings. The van der Waals surface area contributed by atoms with E-state index in [1.165, 1.54) is 0 Å². The van der Waals surface area contributed by atoms with Crippen molar-refractivity contribution in [3.05, 3.63) is 195 Å². The Bertz CT molecular complexity index is 2020. The average Bonchev–Trinajstić information content (AvgIpc) is 3.36. The van der Waals surface area contributed by atoms with Gasteiger partial charge in [-0.05, 0) is 123 Å². The number of carbonyl (C=O) groups is 4. The van der Waals surface area contributed by atoms with Crippen LogP contribution in [0.1, 0.15) is 25.7 Å². The Kier molecular flexibility index (Phi) is 77.5. The van der Waals surface area contributed by atoms with Gasteiger partial charge in [0.15, 0.2) is 0 Å². The van der Waals surface area contributed by atoms with Crippen molar-refractivity contribution in [1.82, 2.24) is 39.9 Å². The van der Waals surface area contributed by atoms with E-state index in [0.717, 1.165) is 45.6 Å². The Morgan fingerprint density at radius 2 is 0.333 bits per heavy atom. The molecular formula is C48H64Cu2N8O20. The summed E-state index contributed by atoms with van der Waals surface area (Å²) in [7, 11) is 0. The first-order chi connectivity index (χ1) is 31.1. The fourth-order valence-electron chi connectivity index (χ4n) is 4.52. The maximum absolute atomic E-state index is 9.50. The van der Waals surface area contributed by atoms with Gasteiger partial charge < -0.3 is 105 Å². The molecule has 24 N–H and O–H groups in total. The molecule has 28 nitrogen and oxygen atoms in total. The molecule has 0 saturated heterocycles. The number of hydrogen-bond donors (Lipinski definition) is 0. The number of aliphatic carboxylic acids is 4. The van der Waals surface area contributed by atoms with E-state index in [9.17, 15) is 39.6 Å². The Balaban J connectivity index is -0.0000000652. The molecule has 0 aliphatic carbocycles. The van der Waals surface area contributed by atoms with Gasteiger partial charge >= 0.3 is 34.1 Å². The maximum atomic E-state index is 9.50. The van der Waals surface area contributed by atoms with Crippen LogP contribution in [-0.4, -0.2) is 129 Å². The third kappa shape index (κ3) is 45.1. The maximum Gasteiger partial charge on any atom is 2.00 e. The van der Waals surface area contributed by atoms with Gasteiger partial charge in [0.05, 0.1) is 45.6 Å². The normalized spacial score (nSPS) is 7.69. The van der Waals surface area contributed by atoms with Crippen molar-refractivity contribution in [2.45, 2.75) is 25.7 Å². The summed E-state index contributed by atoms with van der Waals surface area (Å²) >= 11 is 0. The number of nitrogens with zero attached hydrogens (tertiary/aromatic N) is 8. The first kappa shape index (κ1) is 98.8. The van der Waals surface area contributed by atoms with Gasteiger partial charge in [0.1, 0.15) is 0 Å². The molecule has 0 atom stereocenters. The quantitative estimate of drug-likeness (QED) is 0.115. The molecule has 8 heterocycles. The molecule has 0 fully saturated rings. The van der Waals surface area contributed by atoms with Gasteiger partial charge in [-0.1, -0.05) is 48.5 Å². The predicted octanol–water partition coefficient (Wildman–Crippen LogP) is -6.79. The standard InChI is InChI=1S/4C10H8N2.2C4H6O4.2Cu.12H2O/c4*1-3-7-11-9(5-1)10-6-2-4-8-12-10;2*5-3(6)1-2-4(7)8;;;;;;;;;;;;;;/h4*1-8H;2*1-2H2,(H,5,6)(H,7,8);;;12*1H2/q;;;;;;2*+2;;;;;;;;;;;;/p-4. The Morgan fingerprint density at radius 3 is 0.397 bits per heavy atom. The molecule has 0 spiro atoms. The first-order valence-corrected chi connectivity index (χ1v) is 19.2. The van der Waals surface area contributed by atoms with Gasteiger partial charge in [0.2, 0.25) is 0 Å². The van der Waals surface area contributed by atoms with Crippen LogP contribution in [0.3, 0.4) is 0 Å². The molecular weight excluding hydrogens is 1140 g/mol. The van der Waals surface area contributed by atoms with Gasteiger partial charge in [-0.2, -0.15) is 0 Å². The van der Waals surface area contributed by atoms with Gasteiger partial charge in [-0.3, -0.25) is 39.9 Å². The summed E-state index contributed by atoms with van der Waals surface area (Å²) in [6.45, 7) is 0. The average molecular weight is 1200 g/mol. The summed E-state index contributed by atoms with van der Waals surface area (Å²) in [5, 5.41) is 38.0. The Morgan fingerprint density at radius 1 is 0.231 bits per heavy atom. The van der Waals surface area contributed by atoms with Crippen molar-refractivity contribution < 1.29 is 139 Å². The molecule has 8 aromatic heterocycles. The summed E-state index contributed by atoms with van der Waals surface area (Å²) < 4.78 is 0.